The van der Waals surface area contributed by atoms with Crippen molar-refractivity contribution in [2.24, 2.45) is 0 Å². The molecule has 2 aromatic carbocycles. The molecule has 2 aromatic rings. The van der Waals surface area contributed by atoms with Crippen LogP contribution >= 0.6 is 11.6 Å². The molecule has 0 spiro atoms. The van der Waals surface area contributed by atoms with Crippen molar-refractivity contribution < 1.29 is 24.2 Å². The standard InChI is InChI=1S/C24H25ClN2O5/c1-31-19-5-3-2-4-18(19)22(28)20-21(16-6-8-17(25)9-7-16)27(24(30)23(20)29)11-10-26-12-14-32-15-13-26/h2-9,21,28H,10-15H2,1H3/b22-20+. The number of nitrogens with zero attached hydrogens (tertiary/aromatic N) is 2. The second-order valence-corrected chi connectivity index (χ2v) is 8.13. The van der Waals surface area contributed by atoms with Crippen molar-refractivity contribution in [2.45, 2.75) is 6.04 Å². The normalized spacial score (nSPS) is 21.2. The number of morpholine rings is 1. The number of halogens is 1. The summed E-state index contributed by atoms with van der Waals surface area (Å²) in [6, 6.07) is 13.1. The lowest BCUT2D eigenvalue weighted by Gasteiger charge is -2.31. The Balaban J connectivity index is 1.76. The average Bonchev–Trinajstić information content (AvgIpc) is 3.08. The number of rotatable bonds is 6. The third-order valence-corrected chi connectivity index (χ3v) is 6.10. The SMILES string of the molecule is COc1ccccc1/C(O)=C1\C(=O)C(=O)N(CCN2CCOCC2)C1c1ccc(Cl)cc1. The van der Waals surface area contributed by atoms with E-state index in [4.69, 9.17) is 21.1 Å². The summed E-state index contributed by atoms with van der Waals surface area (Å²) in [5, 5.41) is 11.7. The predicted octanol–water partition coefficient (Wildman–Crippen LogP) is 3.10. The summed E-state index contributed by atoms with van der Waals surface area (Å²) in [6.07, 6.45) is 0. The zero-order valence-electron chi connectivity index (χ0n) is 17.8. The highest BCUT2D eigenvalue weighted by atomic mass is 35.5. The van der Waals surface area contributed by atoms with Crippen LogP contribution in [-0.4, -0.2) is 73.1 Å². The van der Waals surface area contributed by atoms with E-state index in [1.54, 1.807) is 48.5 Å². The Labute approximate surface area is 191 Å². The molecular formula is C24H25ClN2O5. The lowest BCUT2D eigenvalue weighted by Crippen LogP contribution is -2.42. The van der Waals surface area contributed by atoms with Gasteiger partial charge in [-0.1, -0.05) is 35.9 Å². The minimum absolute atomic E-state index is 0.0452. The van der Waals surface area contributed by atoms with Gasteiger partial charge in [0.15, 0.2) is 0 Å². The fraction of sp³-hybridized carbons (Fsp3) is 0.333. The summed E-state index contributed by atoms with van der Waals surface area (Å²) in [5.41, 5.74) is 1.11. The van der Waals surface area contributed by atoms with Gasteiger partial charge in [-0.05, 0) is 29.8 Å². The minimum Gasteiger partial charge on any atom is -0.507 e. The Kier molecular flexibility index (Phi) is 6.79. The zero-order chi connectivity index (χ0) is 22.7. The van der Waals surface area contributed by atoms with Crippen LogP contribution in [0.15, 0.2) is 54.1 Å². The minimum atomic E-state index is -0.724. The van der Waals surface area contributed by atoms with Crippen molar-refractivity contribution in [3.05, 3.63) is 70.3 Å². The lowest BCUT2D eigenvalue weighted by molar-refractivity contribution is -0.140. The van der Waals surface area contributed by atoms with Gasteiger partial charge in [0.1, 0.15) is 11.5 Å². The van der Waals surface area contributed by atoms with E-state index in [-0.39, 0.29) is 11.3 Å². The number of benzene rings is 2. The van der Waals surface area contributed by atoms with Crippen LogP contribution in [0.1, 0.15) is 17.2 Å². The molecule has 2 aliphatic heterocycles. The van der Waals surface area contributed by atoms with Crippen LogP contribution in [0.4, 0.5) is 0 Å². The summed E-state index contributed by atoms with van der Waals surface area (Å²) < 4.78 is 10.7. The molecule has 8 heteroatoms. The third-order valence-electron chi connectivity index (χ3n) is 5.85. The number of carbonyl (C=O) groups excluding carboxylic acids is 2. The molecule has 1 amide bonds. The molecule has 32 heavy (non-hydrogen) atoms. The maximum atomic E-state index is 13.1. The molecule has 1 unspecified atom stereocenters. The Morgan fingerprint density at radius 2 is 1.78 bits per heavy atom. The first-order chi connectivity index (χ1) is 15.5. The summed E-state index contributed by atoms with van der Waals surface area (Å²) >= 11 is 6.07. The summed E-state index contributed by atoms with van der Waals surface area (Å²) in [6.45, 7) is 3.80. The number of carbonyl (C=O) groups is 2. The molecule has 2 aliphatic rings. The van der Waals surface area contributed by atoms with Crippen LogP contribution in [0.3, 0.4) is 0 Å². The third kappa shape index (κ3) is 4.37. The number of hydrogen-bond donors (Lipinski definition) is 1. The molecule has 0 saturated carbocycles. The summed E-state index contributed by atoms with van der Waals surface area (Å²) in [4.78, 5) is 29.9. The smallest absolute Gasteiger partial charge is 0.295 e. The number of ketones is 1. The van der Waals surface area contributed by atoms with Crippen molar-refractivity contribution in [3.8, 4) is 5.75 Å². The highest BCUT2D eigenvalue weighted by Gasteiger charge is 2.46. The van der Waals surface area contributed by atoms with Crippen molar-refractivity contribution in [2.75, 3.05) is 46.5 Å². The number of aliphatic hydroxyl groups excluding tert-OH is 1. The van der Waals surface area contributed by atoms with E-state index in [1.165, 1.54) is 12.0 Å². The van der Waals surface area contributed by atoms with Gasteiger partial charge < -0.3 is 19.5 Å². The van der Waals surface area contributed by atoms with E-state index in [9.17, 15) is 14.7 Å². The molecule has 2 saturated heterocycles. The predicted molar refractivity (Wildman–Crippen MR) is 121 cm³/mol. The molecule has 2 fully saturated rings. The largest absolute Gasteiger partial charge is 0.507 e. The maximum absolute atomic E-state index is 13.1. The second-order valence-electron chi connectivity index (χ2n) is 7.70. The highest BCUT2D eigenvalue weighted by molar-refractivity contribution is 6.46. The number of hydrogen-bond acceptors (Lipinski definition) is 6. The lowest BCUT2D eigenvalue weighted by atomic mass is 9.95. The summed E-state index contributed by atoms with van der Waals surface area (Å²) in [7, 11) is 1.49. The van der Waals surface area contributed by atoms with Gasteiger partial charge in [0.05, 0.1) is 37.5 Å². The molecule has 1 N–H and O–H groups in total. The van der Waals surface area contributed by atoms with Crippen LogP contribution < -0.4 is 4.74 Å². The van der Waals surface area contributed by atoms with Gasteiger partial charge in [-0.15, -0.1) is 0 Å². The maximum Gasteiger partial charge on any atom is 0.295 e. The zero-order valence-corrected chi connectivity index (χ0v) is 18.5. The van der Waals surface area contributed by atoms with E-state index in [1.807, 2.05) is 0 Å². The molecule has 168 valence electrons. The Hall–Kier alpha value is -2.87. The van der Waals surface area contributed by atoms with Gasteiger partial charge in [-0.3, -0.25) is 14.5 Å². The number of aliphatic hydroxyl groups is 1. The number of para-hydroxylation sites is 1. The molecular weight excluding hydrogens is 432 g/mol. The van der Waals surface area contributed by atoms with Gasteiger partial charge >= 0.3 is 0 Å². The Morgan fingerprint density at radius 1 is 1.09 bits per heavy atom. The molecule has 0 aromatic heterocycles. The summed E-state index contributed by atoms with van der Waals surface area (Å²) in [5.74, 6) is -1.18. The van der Waals surface area contributed by atoms with E-state index < -0.39 is 17.7 Å². The molecule has 2 heterocycles. The number of amides is 1. The molecule has 1 atom stereocenters. The van der Waals surface area contributed by atoms with E-state index in [0.717, 1.165) is 13.1 Å². The molecule has 4 rings (SSSR count). The van der Waals surface area contributed by atoms with E-state index >= 15 is 0 Å². The quantitative estimate of drug-likeness (QED) is 0.409. The van der Waals surface area contributed by atoms with Crippen LogP contribution in [0.25, 0.3) is 5.76 Å². The van der Waals surface area contributed by atoms with Crippen LogP contribution in [0.5, 0.6) is 5.75 Å². The van der Waals surface area contributed by atoms with Gasteiger partial charge in [-0.25, -0.2) is 0 Å². The molecule has 7 nitrogen and oxygen atoms in total. The Bertz CT molecular complexity index is 1030. The monoisotopic (exact) mass is 456 g/mol. The molecule has 0 bridgehead atoms. The average molecular weight is 457 g/mol. The Morgan fingerprint density at radius 3 is 2.47 bits per heavy atom. The van der Waals surface area contributed by atoms with Crippen LogP contribution in [-0.2, 0) is 14.3 Å². The topological polar surface area (TPSA) is 79.3 Å². The fourth-order valence-corrected chi connectivity index (χ4v) is 4.29. The first-order valence-corrected chi connectivity index (χ1v) is 10.9. The molecule has 0 radical (unpaired) electrons. The van der Waals surface area contributed by atoms with Crippen molar-refractivity contribution >= 4 is 29.1 Å². The van der Waals surface area contributed by atoms with Crippen molar-refractivity contribution in [1.29, 1.82) is 0 Å². The number of Topliss-reactive ketones (excluding diaryl/α,β-unsaturated/α-hetero) is 1. The fourth-order valence-electron chi connectivity index (χ4n) is 4.16. The molecule has 0 aliphatic carbocycles. The van der Waals surface area contributed by atoms with Crippen LogP contribution in [0, 0.1) is 0 Å². The van der Waals surface area contributed by atoms with Gasteiger partial charge in [0.2, 0.25) is 0 Å². The first-order valence-electron chi connectivity index (χ1n) is 10.5. The second kappa shape index (κ2) is 9.73. The first kappa shape index (κ1) is 22.3. The number of methoxy groups -OCH3 is 1. The van der Waals surface area contributed by atoms with Crippen LogP contribution in [0.2, 0.25) is 5.02 Å². The van der Waals surface area contributed by atoms with Crippen molar-refractivity contribution in [1.82, 2.24) is 9.80 Å². The van der Waals surface area contributed by atoms with Gasteiger partial charge in [0, 0.05) is 31.2 Å². The number of likely N-dealkylation sites (tertiary alicyclic amines) is 1. The number of ether oxygens (including phenoxy) is 2. The van der Waals surface area contributed by atoms with E-state index in [2.05, 4.69) is 4.90 Å². The van der Waals surface area contributed by atoms with Crippen molar-refractivity contribution in [3.63, 3.8) is 0 Å². The van der Waals surface area contributed by atoms with E-state index in [0.29, 0.717) is 48.2 Å². The van der Waals surface area contributed by atoms with Gasteiger partial charge in [0.25, 0.3) is 11.7 Å². The van der Waals surface area contributed by atoms with Gasteiger partial charge in [-0.2, -0.15) is 0 Å². The highest BCUT2D eigenvalue weighted by Crippen LogP contribution is 2.41.